The molecule has 0 aliphatic carbocycles. The number of nitrogens with one attached hydrogen (secondary N) is 1. The third-order valence-electron chi connectivity index (χ3n) is 4.18. The molecule has 6 nitrogen and oxygen atoms in total. The van der Waals surface area contributed by atoms with Crippen LogP contribution >= 0.6 is 0 Å². The first-order valence-corrected chi connectivity index (χ1v) is 8.83. The fourth-order valence-electron chi connectivity index (χ4n) is 2.74. The monoisotopic (exact) mass is 385 g/mol. The Hall–Kier alpha value is -3.35. The number of benzene rings is 2. The van der Waals surface area contributed by atoms with Crippen molar-refractivity contribution in [3.63, 3.8) is 0 Å². The number of ether oxygens (including phenoxy) is 2. The molecule has 1 amide bonds. The van der Waals surface area contributed by atoms with E-state index < -0.39 is 23.8 Å². The summed E-state index contributed by atoms with van der Waals surface area (Å²) >= 11 is 0. The van der Waals surface area contributed by atoms with Crippen molar-refractivity contribution in [3.05, 3.63) is 59.6 Å². The minimum Gasteiger partial charge on any atom is -0.492 e. The number of esters is 1. The van der Waals surface area contributed by atoms with E-state index in [-0.39, 0.29) is 5.76 Å². The van der Waals surface area contributed by atoms with Crippen LogP contribution in [0.4, 0.5) is 10.1 Å². The number of fused-ring (bicyclic) bond motifs is 1. The first-order chi connectivity index (χ1) is 13.4. The van der Waals surface area contributed by atoms with Gasteiger partial charge in [0, 0.05) is 10.9 Å². The molecule has 0 saturated heterocycles. The Labute approximate surface area is 161 Å². The van der Waals surface area contributed by atoms with Crippen molar-refractivity contribution in [2.75, 3.05) is 11.9 Å². The lowest BCUT2D eigenvalue weighted by molar-refractivity contribution is -0.123. The van der Waals surface area contributed by atoms with Gasteiger partial charge in [0.25, 0.3) is 5.91 Å². The Bertz CT molecular complexity index is 1030. The van der Waals surface area contributed by atoms with Crippen molar-refractivity contribution in [1.82, 2.24) is 0 Å². The lowest BCUT2D eigenvalue weighted by atomic mass is 10.1. The third kappa shape index (κ3) is 3.98. The topological polar surface area (TPSA) is 77.8 Å². The number of furan rings is 1. The molecule has 7 heteroatoms. The standard InChI is InChI=1S/C21H20FNO5/c1-4-26-18-8-6-5-7-16(18)23-20(24)13(3)27-21(25)19-12(2)15-11-14(22)9-10-17(15)28-19/h5-11,13H,4H2,1-3H3,(H,23,24)/t13-/m1/s1. The Kier molecular flexibility index (Phi) is 5.63. The number of hydrogen-bond donors (Lipinski definition) is 1. The summed E-state index contributed by atoms with van der Waals surface area (Å²) in [7, 11) is 0. The van der Waals surface area contributed by atoms with Crippen molar-refractivity contribution in [2.24, 2.45) is 0 Å². The van der Waals surface area contributed by atoms with Gasteiger partial charge in [0.1, 0.15) is 17.1 Å². The van der Waals surface area contributed by atoms with E-state index in [9.17, 15) is 14.0 Å². The van der Waals surface area contributed by atoms with E-state index in [2.05, 4.69) is 5.32 Å². The summed E-state index contributed by atoms with van der Waals surface area (Å²) < 4.78 is 29.6. The van der Waals surface area contributed by atoms with Gasteiger partial charge in [0.05, 0.1) is 12.3 Å². The molecule has 146 valence electrons. The zero-order valence-electron chi connectivity index (χ0n) is 15.7. The predicted molar refractivity (Wildman–Crippen MR) is 102 cm³/mol. The highest BCUT2D eigenvalue weighted by atomic mass is 19.1. The predicted octanol–water partition coefficient (Wildman–Crippen LogP) is 4.46. The largest absolute Gasteiger partial charge is 0.492 e. The molecule has 0 aliphatic heterocycles. The van der Waals surface area contributed by atoms with Gasteiger partial charge in [-0.3, -0.25) is 4.79 Å². The normalized spacial score (nSPS) is 11.9. The van der Waals surface area contributed by atoms with Crippen molar-refractivity contribution < 1.29 is 27.9 Å². The number of aryl methyl sites for hydroxylation is 1. The fraction of sp³-hybridized carbons (Fsp3) is 0.238. The Balaban J connectivity index is 1.72. The molecular weight excluding hydrogens is 365 g/mol. The zero-order chi connectivity index (χ0) is 20.3. The van der Waals surface area contributed by atoms with Crippen LogP contribution in [-0.4, -0.2) is 24.6 Å². The summed E-state index contributed by atoms with van der Waals surface area (Å²) in [5.74, 6) is -1.28. The van der Waals surface area contributed by atoms with Gasteiger partial charge in [-0.1, -0.05) is 12.1 Å². The lowest BCUT2D eigenvalue weighted by Crippen LogP contribution is -2.30. The van der Waals surface area contributed by atoms with E-state index >= 15 is 0 Å². The molecule has 2 aromatic carbocycles. The molecule has 0 aliphatic rings. The second-order valence-electron chi connectivity index (χ2n) is 6.16. The molecule has 0 spiro atoms. The maximum Gasteiger partial charge on any atom is 0.375 e. The van der Waals surface area contributed by atoms with Gasteiger partial charge in [-0.25, -0.2) is 9.18 Å². The molecule has 1 N–H and O–H groups in total. The summed E-state index contributed by atoms with van der Waals surface area (Å²) in [5, 5.41) is 3.16. The van der Waals surface area contributed by atoms with E-state index in [1.165, 1.54) is 25.1 Å². The van der Waals surface area contributed by atoms with Gasteiger partial charge in [0.2, 0.25) is 5.76 Å². The molecule has 28 heavy (non-hydrogen) atoms. The van der Waals surface area contributed by atoms with Gasteiger partial charge in [0.15, 0.2) is 6.10 Å². The van der Waals surface area contributed by atoms with Crippen molar-refractivity contribution in [3.8, 4) is 5.75 Å². The van der Waals surface area contributed by atoms with Crippen molar-refractivity contribution in [1.29, 1.82) is 0 Å². The van der Waals surface area contributed by atoms with E-state index in [0.29, 0.717) is 34.6 Å². The minimum atomic E-state index is -1.08. The summed E-state index contributed by atoms with van der Waals surface area (Å²) in [6.45, 7) is 5.37. The molecule has 0 fully saturated rings. The quantitative estimate of drug-likeness (QED) is 0.634. The first kappa shape index (κ1) is 19.4. The maximum absolute atomic E-state index is 13.4. The van der Waals surface area contributed by atoms with Gasteiger partial charge in [-0.2, -0.15) is 0 Å². The highest BCUT2D eigenvalue weighted by molar-refractivity contribution is 5.99. The van der Waals surface area contributed by atoms with Crippen molar-refractivity contribution >= 4 is 28.5 Å². The number of carbonyl (C=O) groups excluding carboxylic acids is 2. The van der Waals surface area contributed by atoms with Crippen molar-refractivity contribution in [2.45, 2.75) is 26.9 Å². The fourth-order valence-corrected chi connectivity index (χ4v) is 2.74. The summed E-state index contributed by atoms with van der Waals surface area (Å²) in [6.07, 6.45) is -1.08. The van der Waals surface area contributed by atoms with Crippen LogP contribution in [0, 0.1) is 12.7 Å². The van der Waals surface area contributed by atoms with Gasteiger partial charge >= 0.3 is 5.97 Å². The molecule has 0 bridgehead atoms. The Morgan fingerprint density at radius 1 is 1.21 bits per heavy atom. The summed E-state index contributed by atoms with van der Waals surface area (Å²) in [6, 6.07) is 10.9. The van der Waals surface area contributed by atoms with Gasteiger partial charge in [-0.05, 0) is 51.1 Å². The SMILES string of the molecule is CCOc1ccccc1NC(=O)[C@@H](C)OC(=O)c1oc2ccc(F)cc2c1C. The van der Waals surface area contributed by atoms with E-state index in [4.69, 9.17) is 13.9 Å². The highest BCUT2D eigenvalue weighted by Crippen LogP contribution is 2.27. The molecule has 0 saturated carbocycles. The number of amides is 1. The summed E-state index contributed by atoms with van der Waals surface area (Å²) in [5.41, 5.74) is 1.30. The number of hydrogen-bond acceptors (Lipinski definition) is 5. The van der Waals surface area contributed by atoms with Crippen LogP contribution in [0.2, 0.25) is 0 Å². The average Bonchev–Trinajstić information content (AvgIpc) is 2.99. The van der Waals surface area contributed by atoms with E-state index in [0.717, 1.165) is 0 Å². The molecule has 0 unspecified atom stereocenters. The second-order valence-corrected chi connectivity index (χ2v) is 6.16. The van der Waals surface area contributed by atoms with E-state index in [1.807, 2.05) is 6.92 Å². The van der Waals surface area contributed by atoms with E-state index in [1.54, 1.807) is 31.2 Å². The average molecular weight is 385 g/mol. The Morgan fingerprint density at radius 3 is 2.71 bits per heavy atom. The number of halogens is 1. The smallest absolute Gasteiger partial charge is 0.375 e. The van der Waals surface area contributed by atoms with Crippen LogP contribution in [0.25, 0.3) is 11.0 Å². The highest BCUT2D eigenvalue weighted by Gasteiger charge is 2.25. The second kappa shape index (κ2) is 8.12. The van der Waals surface area contributed by atoms with Crippen LogP contribution in [0.5, 0.6) is 5.75 Å². The van der Waals surface area contributed by atoms with Gasteiger partial charge in [-0.15, -0.1) is 0 Å². The Morgan fingerprint density at radius 2 is 1.96 bits per heavy atom. The zero-order valence-corrected chi connectivity index (χ0v) is 15.7. The van der Waals surface area contributed by atoms with Gasteiger partial charge < -0.3 is 19.2 Å². The number of carbonyl (C=O) groups is 2. The lowest BCUT2D eigenvalue weighted by Gasteiger charge is -2.15. The molecule has 3 aromatic rings. The number of anilines is 1. The summed E-state index contributed by atoms with van der Waals surface area (Å²) in [4.78, 5) is 24.9. The maximum atomic E-state index is 13.4. The molecule has 0 radical (unpaired) electrons. The molecular formula is C21H20FNO5. The molecule has 3 rings (SSSR count). The minimum absolute atomic E-state index is 0.0602. The van der Waals surface area contributed by atoms with Crippen LogP contribution < -0.4 is 10.1 Å². The first-order valence-electron chi connectivity index (χ1n) is 8.83. The third-order valence-corrected chi connectivity index (χ3v) is 4.18. The number of rotatable bonds is 6. The molecule has 1 heterocycles. The van der Waals surface area contributed by atoms with Crippen LogP contribution in [-0.2, 0) is 9.53 Å². The van der Waals surface area contributed by atoms with Crippen LogP contribution in [0.15, 0.2) is 46.9 Å². The molecule has 1 aromatic heterocycles. The van der Waals surface area contributed by atoms with Crippen LogP contribution in [0.3, 0.4) is 0 Å². The van der Waals surface area contributed by atoms with Crippen LogP contribution in [0.1, 0.15) is 30.0 Å². The molecule has 1 atom stereocenters. The number of para-hydroxylation sites is 2.